The minimum atomic E-state index is 0.750. The molecule has 0 aliphatic carbocycles. The number of isocyanates is 2. The van der Waals surface area contributed by atoms with E-state index in [-0.39, 0.29) is 0 Å². The minimum Gasteiger partial charge on any atom is -0.222 e. The van der Waals surface area contributed by atoms with Crippen molar-refractivity contribution in [2.45, 2.75) is 6.92 Å². The van der Waals surface area contributed by atoms with Crippen molar-refractivity contribution in [3.8, 4) is 0 Å². The topological polar surface area (TPSA) is 81.8 Å². The number of nitrogens with one attached hydrogen (secondary N) is 2. The largest absolute Gasteiger partial charge is 0.231 e. The molecule has 2 N–H and O–H groups in total. The summed E-state index contributed by atoms with van der Waals surface area (Å²) in [5, 5.41) is 10.8. The summed E-state index contributed by atoms with van der Waals surface area (Å²) < 4.78 is 0. The van der Waals surface area contributed by atoms with E-state index in [4.69, 9.17) is 20.4 Å². The first-order valence-corrected chi connectivity index (χ1v) is 2.56. The Balaban J connectivity index is -0.0000000933. The maximum atomic E-state index is 8.35. The second-order valence-electron chi connectivity index (χ2n) is 0.966. The Bertz CT molecular complexity index is 149. The van der Waals surface area contributed by atoms with Crippen LogP contribution in [0.4, 0.5) is 0 Å². The zero-order valence-corrected chi connectivity index (χ0v) is 6.26. The van der Waals surface area contributed by atoms with Crippen LogP contribution in [0.5, 0.6) is 0 Å². The molecule has 0 amide bonds. The lowest BCUT2D eigenvalue weighted by atomic mass is 10.5. The molecule has 4 nitrogen and oxygen atoms in total. The molecule has 0 spiro atoms. The van der Waals surface area contributed by atoms with Gasteiger partial charge in [-0.25, -0.2) is 20.4 Å². The third-order valence-electron chi connectivity index (χ3n) is 0.329. The fraction of sp³-hybridized carbons (Fsp3) is 0.143. The van der Waals surface area contributed by atoms with Crippen LogP contribution in [-0.2, 0) is 9.59 Å². The average Bonchev–Trinajstić information content (AvgIpc) is 1.92. The number of hydrogen-bond donors (Lipinski definition) is 2. The van der Waals surface area contributed by atoms with E-state index in [0.717, 1.165) is 12.2 Å². The van der Waals surface area contributed by atoms with Gasteiger partial charge in [0.05, 0.1) is 0 Å². The molecule has 0 heterocycles. The molecule has 0 aromatic heterocycles. The molecule has 0 bridgehead atoms. The van der Waals surface area contributed by atoms with Crippen molar-refractivity contribution in [1.82, 2.24) is 0 Å². The third-order valence-corrected chi connectivity index (χ3v) is 0.329. The standard InChI is InChI=1S/C5H8.2CHNO/c1-3-5-4-2;2*2-1-3/h3-5H,1H2,2H3;2*2H. The van der Waals surface area contributed by atoms with Gasteiger partial charge in [-0.1, -0.05) is 24.8 Å². The van der Waals surface area contributed by atoms with Crippen LogP contribution in [0.25, 0.3) is 0 Å². The molecule has 0 aromatic carbocycles. The van der Waals surface area contributed by atoms with E-state index in [1.165, 1.54) is 0 Å². The third kappa shape index (κ3) is 5570. The Labute approximate surface area is 65.3 Å². The van der Waals surface area contributed by atoms with E-state index in [0.29, 0.717) is 0 Å². The van der Waals surface area contributed by atoms with Crippen LogP contribution >= 0.6 is 0 Å². The van der Waals surface area contributed by atoms with Gasteiger partial charge in [-0.05, 0) is 6.92 Å². The van der Waals surface area contributed by atoms with Gasteiger partial charge in [-0.2, -0.15) is 0 Å². The van der Waals surface area contributed by atoms with Gasteiger partial charge in [0.25, 0.3) is 0 Å². The monoisotopic (exact) mass is 154 g/mol. The van der Waals surface area contributed by atoms with Crippen LogP contribution in [0.15, 0.2) is 24.8 Å². The van der Waals surface area contributed by atoms with Gasteiger partial charge >= 0.3 is 0 Å². The van der Waals surface area contributed by atoms with Crippen molar-refractivity contribution in [2.24, 2.45) is 0 Å². The van der Waals surface area contributed by atoms with Crippen LogP contribution in [0.1, 0.15) is 6.92 Å². The number of rotatable bonds is 1. The Morgan fingerprint density at radius 1 is 1.27 bits per heavy atom. The van der Waals surface area contributed by atoms with Gasteiger partial charge < -0.3 is 0 Å². The minimum absolute atomic E-state index is 0.750. The number of carbonyl (C=O) groups excluding carboxylic acids is 2. The quantitative estimate of drug-likeness (QED) is 0.341. The van der Waals surface area contributed by atoms with Gasteiger partial charge in [-0.3, -0.25) is 0 Å². The Kier molecular flexibility index (Phi) is 60.3. The summed E-state index contributed by atoms with van der Waals surface area (Å²) in [6, 6.07) is 0. The van der Waals surface area contributed by atoms with Gasteiger partial charge in [-0.15, -0.1) is 0 Å². The molecule has 0 unspecified atom stereocenters. The van der Waals surface area contributed by atoms with Gasteiger partial charge in [0.2, 0.25) is 12.2 Å². The van der Waals surface area contributed by atoms with Crippen molar-refractivity contribution in [1.29, 1.82) is 10.8 Å². The summed E-state index contributed by atoms with van der Waals surface area (Å²) >= 11 is 0. The van der Waals surface area contributed by atoms with Crippen LogP contribution < -0.4 is 0 Å². The summed E-state index contributed by atoms with van der Waals surface area (Å²) in [7, 11) is 0. The lowest BCUT2D eigenvalue weighted by molar-refractivity contribution is 0.562. The van der Waals surface area contributed by atoms with Crippen LogP contribution in [-0.4, -0.2) is 12.2 Å². The summed E-state index contributed by atoms with van der Waals surface area (Å²) in [6.45, 7) is 5.42. The molecular formula is C7H10N2O2. The van der Waals surface area contributed by atoms with E-state index in [9.17, 15) is 0 Å². The first-order valence-electron chi connectivity index (χ1n) is 2.56. The second kappa shape index (κ2) is 41.1. The smallest absolute Gasteiger partial charge is 0.222 e. The maximum absolute atomic E-state index is 8.35. The molecule has 0 aromatic rings. The molecule has 0 rings (SSSR count). The van der Waals surface area contributed by atoms with Crippen LogP contribution in [0.2, 0.25) is 0 Å². The highest BCUT2D eigenvalue weighted by Crippen LogP contribution is 1.64. The highest BCUT2D eigenvalue weighted by atomic mass is 16.1. The van der Waals surface area contributed by atoms with Gasteiger partial charge in [0.1, 0.15) is 0 Å². The zero-order chi connectivity index (χ0) is 9.54. The summed E-state index contributed by atoms with van der Waals surface area (Å²) in [5.41, 5.74) is 0. The van der Waals surface area contributed by atoms with Crippen molar-refractivity contribution in [2.75, 3.05) is 0 Å². The van der Waals surface area contributed by atoms with E-state index < -0.39 is 0 Å². The van der Waals surface area contributed by atoms with Crippen molar-refractivity contribution in [3.05, 3.63) is 24.8 Å². The zero-order valence-electron chi connectivity index (χ0n) is 6.26. The predicted molar refractivity (Wildman–Crippen MR) is 41.8 cm³/mol. The number of hydrogen-bond acceptors (Lipinski definition) is 4. The fourth-order valence-electron chi connectivity index (χ4n) is 0.136. The lowest BCUT2D eigenvalue weighted by Gasteiger charge is -1.56. The number of allylic oxidation sites excluding steroid dienone is 3. The van der Waals surface area contributed by atoms with Crippen LogP contribution in [0, 0.1) is 10.8 Å². The van der Waals surface area contributed by atoms with Gasteiger partial charge in [0.15, 0.2) is 0 Å². The van der Waals surface area contributed by atoms with E-state index in [1.807, 2.05) is 19.1 Å². The van der Waals surface area contributed by atoms with E-state index in [1.54, 1.807) is 6.08 Å². The Hall–Kier alpha value is -1.76. The average molecular weight is 154 g/mol. The van der Waals surface area contributed by atoms with Gasteiger partial charge in [0, 0.05) is 0 Å². The molecule has 0 atom stereocenters. The summed E-state index contributed by atoms with van der Waals surface area (Å²) in [4.78, 5) is 16.7. The molecule has 0 fully saturated rings. The maximum Gasteiger partial charge on any atom is 0.231 e. The molecule has 0 radical (unpaired) electrons. The fourth-order valence-corrected chi connectivity index (χ4v) is 0.136. The molecule has 60 valence electrons. The molecular weight excluding hydrogens is 144 g/mol. The summed E-state index contributed by atoms with van der Waals surface area (Å²) in [5.74, 6) is 0. The second-order valence-corrected chi connectivity index (χ2v) is 0.966. The van der Waals surface area contributed by atoms with Crippen molar-refractivity contribution in [3.63, 3.8) is 0 Å². The molecule has 11 heavy (non-hydrogen) atoms. The van der Waals surface area contributed by atoms with E-state index in [2.05, 4.69) is 6.58 Å². The van der Waals surface area contributed by atoms with E-state index >= 15 is 0 Å². The molecule has 0 saturated heterocycles. The first-order chi connectivity index (χ1) is 5.24. The molecule has 0 saturated carbocycles. The Morgan fingerprint density at radius 2 is 1.55 bits per heavy atom. The highest BCUT2D eigenvalue weighted by molar-refractivity contribution is 5.26. The SMILES string of the molecule is C=CC=CC.N=C=O.N=C=O. The molecule has 0 aliphatic heterocycles. The predicted octanol–water partition coefficient (Wildman–Crippen LogP) is 1.55. The normalized spacial score (nSPS) is 5.55. The lowest BCUT2D eigenvalue weighted by Crippen LogP contribution is -1.33. The van der Waals surface area contributed by atoms with Crippen molar-refractivity contribution >= 4 is 12.2 Å². The summed E-state index contributed by atoms with van der Waals surface area (Å²) in [6.07, 6.45) is 7.08. The first kappa shape index (κ1) is 16.1. The molecule has 4 heteroatoms. The van der Waals surface area contributed by atoms with Crippen molar-refractivity contribution < 1.29 is 9.59 Å². The molecule has 0 aliphatic rings. The van der Waals surface area contributed by atoms with Crippen LogP contribution in [0.3, 0.4) is 0 Å². The highest BCUT2D eigenvalue weighted by Gasteiger charge is 1.42. The Morgan fingerprint density at radius 3 is 1.55 bits per heavy atom.